The summed E-state index contributed by atoms with van der Waals surface area (Å²) in [5.74, 6) is -6.13. The third kappa shape index (κ3) is 6.07. The van der Waals surface area contributed by atoms with Gasteiger partial charge in [0.2, 0.25) is 0 Å². The zero-order valence-electron chi connectivity index (χ0n) is 11.7. The van der Waals surface area contributed by atoms with Crippen LogP contribution in [-0.4, -0.2) is 30.7 Å². The molecule has 0 spiro atoms. The van der Waals surface area contributed by atoms with Gasteiger partial charge < -0.3 is 4.74 Å². The van der Waals surface area contributed by atoms with E-state index in [2.05, 4.69) is 4.74 Å². The number of ketones is 1. The summed E-state index contributed by atoms with van der Waals surface area (Å²) in [6, 6.07) is 7.10. The molecule has 0 aromatic heterocycles. The van der Waals surface area contributed by atoms with Crippen LogP contribution in [0.3, 0.4) is 0 Å². The predicted octanol–water partition coefficient (Wildman–Crippen LogP) is 3.11. The fourth-order valence-corrected chi connectivity index (χ4v) is 1.41. The van der Waals surface area contributed by atoms with Gasteiger partial charge in [-0.15, -0.1) is 0 Å². The molecule has 0 N–H and O–H groups in total. The van der Waals surface area contributed by atoms with Crippen molar-refractivity contribution in [2.45, 2.75) is 25.7 Å². The van der Waals surface area contributed by atoms with Crippen LogP contribution in [0.1, 0.15) is 11.1 Å². The lowest BCUT2D eigenvalue weighted by molar-refractivity contribution is -0.176. The monoisotopic (exact) mass is 318 g/mol. The molecule has 0 heterocycles. The third-order valence-electron chi connectivity index (χ3n) is 2.63. The van der Waals surface area contributed by atoms with Gasteiger partial charge in [0.15, 0.2) is 12.4 Å². The van der Waals surface area contributed by atoms with Gasteiger partial charge in [-0.2, -0.15) is 8.78 Å². The molecule has 22 heavy (non-hydrogen) atoms. The highest BCUT2D eigenvalue weighted by molar-refractivity contribution is 5.96. The van der Waals surface area contributed by atoms with Gasteiger partial charge in [0.05, 0.1) is 0 Å². The molecule has 120 valence electrons. The zero-order valence-corrected chi connectivity index (χ0v) is 11.7. The van der Waals surface area contributed by atoms with E-state index in [1.807, 2.05) is 19.1 Å². The van der Waals surface area contributed by atoms with Crippen molar-refractivity contribution in [1.82, 2.24) is 0 Å². The molecule has 0 saturated heterocycles. The van der Waals surface area contributed by atoms with E-state index in [1.54, 1.807) is 12.1 Å². The van der Waals surface area contributed by atoms with E-state index in [0.717, 1.165) is 17.2 Å². The molecule has 0 saturated carbocycles. The number of carbonyl (C=O) groups is 2. The number of halogens is 4. The highest BCUT2D eigenvalue weighted by atomic mass is 19.3. The van der Waals surface area contributed by atoms with Crippen LogP contribution in [0.25, 0.3) is 0 Å². The van der Waals surface area contributed by atoms with Gasteiger partial charge in [-0.3, -0.25) is 4.79 Å². The summed E-state index contributed by atoms with van der Waals surface area (Å²) in [7, 11) is 0. The molecule has 0 aliphatic carbocycles. The summed E-state index contributed by atoms with van der Waals surface area (Å²) in [5.41, 5.74) is 1.74. The second-order valence-electron chi connectivity index (χ2n) is 4.63. The molecule has 0 aliphatic rings. The molecular weight excluding hydrogens is 304 g/mol. The number of allylic oxidation sites excluding steroid dienone is 1. The second-order valence-corrected chi connectivity index (χ2v) is 4.63. The Morgan fingerprint density at radius 1 is 1.18 bits per heavy atom. The van der Waals surface area contributed by atoms with Gasteiger partial charge in [0.25, 0.3) is 0 Å². The molecule has 0 fully saturated rings. The SMILES string of the molecule is Cc1ccc(CC(=O)/C=C/C(=O)OCC(F)(F)C(F)F)cc1. The van der Waals surface area contributed by atoms with Gasteiger partial charge in [0, 0.05) is 12.5 Å². The first-order chi connectivity index (χ1) is 10.2. The number of esters is 1. The van der Waals surface area contributed by atoms with Crippen molar-refractivity contribution in [3.05, 3.63) is 47.5 Å². The summed E-state index contributed by atoms with van der Waals surface area (Å²) in [6.45, 7) is 0.149. The first-order valence-electron chi connectivity index (χ1n) is 6.30. The van der Waals surface area contributed by atoms with Gasteiger partial charge >= 0.3 is 18.3 Å². The molecule has 1 rings (SSSR count). The van der Waals surface area contributed by atoms with Crippen molar-refractivity contribution < 1.29 is 31.9 Å². The number of hydrogen-bond acceptors (Lipinski definition) is 3. The topological polar surface area (TPSA) is 43.4 Å². The number of alkyl halides is 4. The lowest BCUT2D eigenvalue weighted by atomic mass is 10.1. The van der Waals surface area contributed by atoms with Gasteiger partial charge in [0.1, 0.15) is 0 Å². The molecule has 1 aromatic rings. The summed E-state index contributed by atoms with van der Waals surface area (Å²) in [6.07, 6.45) is -2.40. The lowest BCUT2D eigenvalue weighted by Crippen LogP contribution is -2.33. The van der Waals surface area contributed by atoms with Crippen molar-refractivity contribution in [1.29, 1.82) is 0 Å². The highest BCUT2D eigenvalue weighted by Gasteiger charge is 2.42. The van der Waals surface area contributed by atoms with E-state index >= 15 is 0 Å². The maximum atomic E-state index is 12.5. The Balaban J connectivity index is 2.45. The summed E-state index contributed by atoms with van der Waals surface area (Å²) in [4.78, 5) is 22.6. The number of benzene rings is 1. The van der Waals surface area contributed by atoms with Crippen molar-refractivity contribution >= 4 is 11.8 Å². The fourth-order valence-electron chi connectivity index (χ4n) is 1.41. The lowest BCUT2D eigenvalue weighted by Gasteiger charge is -2.13. The fraction of sp³-hybridized carbons (Fsp3) is 0.333. The third-order valence-corrected chi connectivity index (χ3v) is 2.63. The Hall–Kier alpha value is -2.18. The minimum Gasteiger partial charge on any atom is -0.456 e. The van der Waals surface area contributed by atoms with Gasteiger partial charge in [-0.1, -0.05) is 29.8 Å². The minimum atomic E-state index is -4.41. The van der Waals surface area contributed by atoms with E-state index in [-0.39, 0.29) is 6.42 Å². The van der Waals surface area contributed by atoms with Crippen LogP contribution in [0.2, 0.25) is 0 Å². The van der Waals surface area contributed by atoms with Crippen molar-refractivity contribution in [3.63, 3.8) is 0 Å². The van der Waals surface area contributed by atoms with Crippen LogP contribution < -0.4 is 0 Å². The first kappa shape index (κ1) is 17.9. The van der Waals surface area contributed by atoms with Gasteiger partial charge in [-0.05, 0) is 18.6 Å². The molecule has 1 aromatic carbocycles. The number of hydrogen-bond donors (Lipinski definition) is 0. The van der Waals surface area contributed by atoms with Crippen molar-refractivity contribution in [3.8, 4) is 0 Å². The van der Waals surface area contributed by atoms with Crippen molar-refractivity contribution in [2.24, 2.45) is 0 Å². The molecule has 3 nitrogen and oxygen atoms in total. The van der Waals surface area contributed by atoms with Crippen LogP contribution >= 0.6 is 0 Å². The summed E-state index contributed by atoms with van der Waals surface area (Å²) < 4.78 is 52.7. The minimum absolute atomic E-state index is 0.0251. The molecule has 0 unspecified atom stereocenters. The van der Waals surface area contributed by atoms with Crippen LogP contribution in [-0.2, 0) is 20.7 Å². The normalized spacial score (nSPS) is 11.9. The van der Waals surface area contributed by atoms with Crippen LogP contribution in [0.5, 0.6) is 0 Å². The number of aryl methyl sites for hydroxylation is 1. The molecule has 0 radical (unpaired) electrons. The molecular formula is C15H14F4O3. The molecule has 0 atom stereocenters. The van der Waals surface area contributed by atoms with Crippen LogP contribution in [0.15, 0.2) is 36.4 Å². The molecule has 0 amide bonds. The van der Waals surface area contributed by atoms with Crippen LogP contribution in [0.4, 0.5) is 17.6 Å². The van der Waals surface area contributed by atoms with E-state index in [4.69, 9.17) is 0 Å². The van der Waals surface area contributed by atoms with E-state index < -0.39 is 30.7 Å². The zero-order chi connectivity index (χ0) is 16.8. The summed E-state index contributed by atoms with van der Waals surface area (Å²) in [5, 5.41) is 0. The molecule has 0 bridgehead atoms. The quantitative estimate of drug-likeness (QED) is 0.441. The largest absolute Gasteiger partial charge is 0.456 e. The van der Waals surface area contributed by atoms with Crippen molar-refractivity contribution in [2.75, 3.05) is 6.61 Å². The summed E-state index contributed by atoms with van der Waals surface area (Å²) >= 11 is 0. The number of rotatable bonds is 7. The Morgan fingerprint density at radius 3 is 2.32 bits per heavy atom. The predicted molar refractivity (Wildman–Crippen MR) is 70.9 cm³/mol. The number of carbonyl (C=O) groups excluding carboxylic acids is 2. The standard InChI is InChI=1S/C15H14F4O3/c1-10-2-4-11(5-3-10)8-12(20)6-7-13(21)22-9-15(18,19)14(16)17/h2-7,14H,8-9H2,1H3/b7-6+. The van der Waals surface area contributed by atoms with Crippen LogP contribution in [0, 0.1) is 6.92 Å². The smallest absolute Gasteiger partial charge is 0.340 e. The molecule has 0 aliphatic heterocycles. The Labute approximate surface area is 124 Å². The highest BCUT2D eigenvalue weighted by Crippen LogP contribution is 2.22. The molecule has 7 heteroatoms. The Kier molecular flexibility index (Phi) is 6.27. The van der Waals surface area contributed by atoms with E-state index in [1.165, 1.54) is 0 Å². The number of ether oxygens (including phenoxy) is 1. The first-order valence-corrected chi connectivity index (χ1v) is 6.30. The van der Waals surface area contributed by atoms with E-state index in [9.17, 15) is 27.2 Å². The maximum absolute atomic E-state index is 12.5. The average Bonchev–Trinajstić information content (AvgIpc) is 2.45. The Morgan fingerprint density at radius 2 is 1.77 bits per heavy atom. The maximum Gasteiger partial charge on any atom is 0.340 e. The van der Waals surface area contributed by atoms with Gasteiger partial charge in [-0.25, -0.2) is 13.6 Å². The second kappa shape index (κ2) is 7.72. The Bertz CT molecular complexity index is 550. The average molecular weight is 318 g/mol. The van der Waals surface area contributed by atoms with E-state index in [0.29, 0.717) is 6.08 Å².